The van der Waals surface area contributed by atoms with Gasteiger partial charge >= 0.3 is 0 Å². The summed E-state index contributed by atoms with van der Waals surface area (Å²) in [4.78, 5) is 30.4. The summed E-state index contributed by atoms with van der Waals surface area (Å²) in [5.74, 6) is 0.382. The summed E-state index contributed by atoms with van der Waals surface area (Å²) < 4.78 is 3.12. The van der Waals surface area contributed by atoms with Gasteiger partial charge in [0.25, 0.3) is 11.1 Å². The molecule has 2 aromatic carbocycles. The van der Waals surface area contributed by atoms with Gasteiger partial charge in [-0.3, -0.25) is 14.2 Å². The minimum absolute atomic E-state index is 0.102. The molecule has 0 saturated heterocycles. The molecule has 0 saturated carbocycles. The average Bonchev–Trinajstić information content (AvgIpc) is 2.55. The van der Waals surface area contributed by atoms with Crippen LogP contribution < -0.4 is 11.1 Å². The number of hydrogen-bond acceptors (Lipinski definition) is 3. The molecular formula is C18H15N3O2. The average molecular weight is 305 g/mol. The summed E-state index contributed by atoms with van der Waals surface area (Å²) in [5, 5.41) is 1.07. The Bertz CT molecular complexity index is 1190. The molecule has 0 bridgehead atoms. The van der Waals surface area contributed by atoms with E-state index in [9.17, 15) is 9.59 Å². The molecule has 0 aliphatic carbocycles. The topological polar surface area (TPSA) is 56.4 Å². The van der Waals surface area contributed by atoms with Gasteiger partial charge in [0.1, 0.15) is 0 Å². The van der Waals surface area contributed by atoms with E-state index in [1.54, 1.807) is 39.3 Å². The van der Waals surface area contributed by atoms with E-state index in [4.69, 9.17) is 0 Å². The van der Waals surface area contributed by atoms with Crippen LogP contribution in [0.4, 0.5) is 0 Å². The van der Waals surface area contributed by atoms with Gasteiger partial charge in [0, 0.05) is 6.04 Å². The highest BCUT2D eigenvalue weighted by molar-refractivity contribution is 5.84. The summed E-state index contributed by atoms with van der Waals surface area (Å²) in [6.07, 6.45) is 0. The Hall–Kier alpha value is -2.95. The molecule has 4 aromatic rings. The third kappa shape index (κ3) is 1.83. The Kier molecular flexibility index (Phi) is 2.84. The van der Waals surface area contributed by atoms with Crippen LogP contribution in [0.2, 0.25) is 0 Å². The van der Waals surface area contributed by atoms with Crippen LogP contribution in [0.3, 0.4) is 0 Å². The normalized spacial score (nSPS) is 11.8. The molecule has 0 amide bonds. The molecule has 4 rings (SSSR count). The number of rotatable bonds is 1. The second-order valence-corrected chi connectivity index (χ2v) is 5.86. The molecule has 0 aliphatic rings. The fourth-order valence-electron chi connectivity index (χ4n) is 3.04. The molecule has 23 heavy (non-hydrogen) atoms. The van der Waals surface area contributed by atoms with Crippen molar-refractivity contribution >= 4 is 27.6 Å². The van der Waals surface area contributed by atoms with E-state index in [1.165, 1.54) is 0 Å². The van der Waals surface area contributed by atoms with Crippen LogP contribution in [0.1, 0.15) is 19.9 Å². The summed E-state index contributed by atoms with van der Waals surface area (Å²) >= 11 is 0. The lowest BCUT2D eigenvalue weighted by Gasteiger charge is -2.16. The fourth-order valence-corrected chi connectivity index (χ4v) is 3.04. The highest BCUT2D eigenvalue weighted by Gasteiger charge is 2.16. The first-order chi connectivity index (χ1) is 11.1. The van der Waals surface area contributed by atoms with Gasteiger partial charge in [-0.1, -0.05) is 24.3 Å². The van der Waals surface area contributed by atoms with Crippen LogP contribution in [0.15, 0.2) is 58.1 Å². The van der Waals surface area contributed by atoms with Crippen molar-refractivity contribution in [3.8, 4) is 0 Å². The summed E-state index contributed by atoms with van der Waals surface area (Å²) in [6.45, 7) is 3.83. The van der Waals surface area contributed by atoms with Crippen molar-refractivity contribution in [2.45, 2.75) is 19.9 Å². The highest BCUT2D eigenvalue weighted by atomic mass is 16.1. The number of aromatic nitrogens is 3. The third-order valence-electron chi connectivity index (χ3n) is 4.08. The van der Waals surface area contributed by atoms with Gasteiger partial charge < -0.3 is 0 Å². The molecule has 0 atom stereocenters. The van der Waals surface area contributed by atoms with Gasteiger partial charge in [0.15, 0.2) is 0 Å². The zero-order valence-corrected chi connectivity index (χ0v) is 12.9. The van der Waals surface area contributed by atoms with E-state index in [0.717, 1.165) is 0 Å². The molecule has 5 nitrogen and oxygen atoms in total. The van der Waals surface area contributed by atoms with Crippen molar-refractivity contribution in [3.05, 3.63) is 69.2 Å². The molecule has 0 fully saturated rings. The molecule has 0 N–H and O–H groups in total. The molecule has 0 radical (unpaired) electrons. The van der Waals surface area contributed by atoms with Crippen LogP contribution in [0.5, 0.6) is 0 Å². The second kappa shape index (κ2) is 4.78. The predicted molar refractivity (Wildman–Crippen MR) is 91.1 cm³/mol. The van der Waals surface area contributed by atoms with Crippen molar-refractivity contribution in [2.75, 3.05) is 0 Å². The standard InChI is InChI=1S/C18H15N3O2/c1-11(2)20-17(23)13-8-4-6-10-15(13)21-16(22)12-7-3-5-9-14(12)19-18(20)21/h3-11H,1-2H3. The molecule has 2 aromatic heterocycles. The van der Waals surface area contributed by atoms with Crippen molar-refractivity contribution in [3.63, 3.8) is 0 Å². The Balaban J connectivity index is 2.44. The maximum Gasteiger partial charge on any atom is 0.267 e. The van der Waals surface area contributed by atoms with Gasteiger partial charge in [-0.25, -0.2) is 9.38 Å². The van der Waals surface area contributed by atoms with Gasteiger partial charge in [-0.15, -0.1) is 0 Å². The lowest BCUT2D eigenvalue weighted by molar-refractivity contribution is 0.587. The first-order valence-electron chi connectivity index (χ1n) is 7.54. The van der Waals surface area contributed by atoms with Crippen LogP contribution in [0, 0.1) is 0 Å². The van der Waals surface area contributed by atoms with E-state index in [1.807, 2.05) is 32.0 Å². The van der Waals surface area contributed by atoms with Crippen molar-refractivity contribution in [2.24, 2.45) is 0 Å². The van der Waals surface area contributed by atoms with E-state index in [2.05, 4.69) is 4.98 Å². The lowest BCUT2D eigenvalue weighted by atomic mass is 10.2. The Morgan fingerprint density at radius 3 is 2.26 bits per heavy atom. The third-order valence-corrected chi connectivity index (χ3v) is 4.08. The number of hydrogen-bond donors (Lipinski definition) is 0. The Morgan fingerprint density at radius 1 is 0.870 bits per heavy atom. The SMILES string of the molecule is CC(C)n1c(=O)c2ccccc2n2c(=O)c3ccccc3nc12. The van der Waals surface area contributed by atoms with Gasteiger partial charge in [-0.05, 0) is 38.1 Å². The minimum atomic E-state index is -0.156. The number of para-hydroxylation sites is 2. The maximum atomic E-state index is 13.0. The molecule has 0 spiro atoms. The fraction of sp³-hybridized carbons (Fsp3) is 0.167. The molecule has 5 heteroatoms. The Morgan fingerprint density at radius 2 is 1.52 bits per heavy atom. The first-order valence-corrected chi connectivity index (χ1v) is 7.54. The molecule has 2 heterocycles. The largest absolute Gasteiger partial charge is 0.275 e. The van der Waals surface area contributed by atoms with Gasteiger partial charge in [0.05, 0.1) is 21.8 Å². The molecular weight excluding hydrogens is 290 g/mol. The highest BCUT2D eigenvalue weighted by Crippen LogP contribution is 2.16. The number of fused-ring (bicyclic) bond motifs is 4. The smallest absolute Gasteiger partial charge is 0.267 e. The van der Waals surface area contributed by atoms with E-state index >= 15 is 0 Å². The summed E-state index contributed by atoms with van der Waals surface area (Å²) in [6, 6.07) is 14.3. The summed E-state index contributed by atoms with van der Waals surface area (Å²) in [7, 11) is 0. The predicted octanol–water partition coefficient (Wildman–Crippen LogP) is 2.74. The first kappa shape index (κ1) is 13.7. The van der Waals surface area contributed by atoms with E-state index < -0.39 is 0 Å². The molecule has 0 aliphatic heterocycles. The van der Waals surface area contributed by atoms with Crippen molar-refractivity contribution in [1.29, 1.82) is 0 Å². The van der Waals surface area contributed by atoms with Crippen molar-refractivity contribution in [1.82, 2.24) is 14.0 Å². The van der Waals surface area contributed by atoms with Crippen LogP contribution in [-0.4, -0.2) is 14.0 Å². The molecule has 0 unspecified atom stereocenters. The van der Waals surface area contributed by atoms with Gasteiger partial charge in [0.2, 0.25) is 5.78 Å². The zero-order chi connectivity index (χ0) is 16.1. The van der Waals surface area contributed by atoms with Crippen LogP contribution in [-0.2, 0) is 0 Å². The summed E-state index contributed by atoms with van der Waals surface area (Å²) in [5.41, 5.74) is 0.906. The lowest BCUT2D eigenvalue weighted by Crippen LogP contribution is -2.30. The second-order valence-electron chi connectivity index (χ2n) is 5.86. The van der Waals surface area contributed by atoms with Crippen LogP contribution >= 0.6 is 0 Å². The maximum absolute atomic E-state index is 13.0. The number of benzene rings is 2. The zero-order valence-electron chi connectivity index (χ0n) is 12.9. The monoisotopic (exact) mass is 305 g/mol. The Labute approximate surface area is 131 Å². The van der Waals surface area contributed by atoms with E-state index in [-0.39, 0.29) is 17.2 Å². The molecule has 114 valence electrons. The van der Waals surface area contributed by atoms with E-state index in [0.29, 0.717) is 27.6 Å². The van der Waals surface area contributed by atoms with Crippen LogP contribution in [0.25, 0.3) is 27.6 Å². The minimum Gasteiger partial charge on any atom is -0.275 e. The number of nitrogens with zero attached hydrogens (tertiary/aromatic N) is 3. The van der Waals surface area contributed by atoms with Gasteiger partial charge in [-0.2, -0.15) is 0 Å². The quantitative estimate of drug-likeness (QED) is 0.401. The van der Waals surface area contributed by atoms with Crippen molar-refractivity contribution < 1.29 is 0 Å².